The summed E-state index contributed by atoms with van der Waals surface area (Å²) in [5.41, 5.74) is 1.86. The Labute approximate surface area is 194 Å². The van der Waals surface area contributed by atoms with Crippen molar-refractivity contribution in [1.82, 2.24) is 10.2 Å². The Morgan fingerprint density at radius 2 is 1.50 bits per heavy atom. The number of carbonyl (C=O) groups is 1. The van der Waals surface area contributed by atoms with E-state index in [9.17, 15) is 13.2 Å². The minimum Gasteiger partial charge on any atom is -0.350 e. The average Bonchev–Trinajstić information content (AvgIpc) is 2.80. The first kappa shape index (κ1) is 23.8. The number of amides is 1. The molecule has 0 aliphatic rings. The molecule has 168 valence electrons. The van der Waals surface area contributed by atoms with Gasteiger partial charge in [-0.3, -0.25) is 9.10 Å². The molecule has 3 aromatic rings. The van der Waals surface area contributed by atoms with Gasteiger partial charge in [0, 0.05) is 24.2 Å². The Hall–Kier alpha value is -2.87. The van der Waals surface area contributed by atoms with Crippen LogP contribution in [0.3, 0.4) is 0 Å². The Morgan fingerprint density at radius 3 is 2.09 bits per heavy atom. The fraction of sp³-hybridized carbons (Fsp3) is 0.208. The van der Waals surface area contributed by atoms with E-state index in [1.807, 2.05) is 49.3 Å². The lowest BCUT2D eigenvalue weighted by Crippen LogP contribution is -2.34. The van der Waals surface area contributed by atoms with Crippen molar-refractivity contribution in [2.45, 2.75) is 10.9 Å². The molecule has 0 bridgehead atoms. The van der Waals surface area contributed by atoms with Crippen LogP contribution in [0.4, 0.5) is 5.69 Å². The van der Waals surface area contributed by atoms with E-state index in [4.69, 9.17) is 11.6 Å². The maximum atomic E-state index is 12.9. The Bertz CT molecular complexity index is 1170. The number of nitrogens with zero attached hydrogens (tertiary/aromatic N) is 2. The highest BCUT2D eigenvalue weighted by molar-refractivity contribution is 7.92. The number of likely N-dealkylation sites (N-methyl/N-ethyl adjacent to an activating group) is 1. The Balaban J connectivity index is 1.71. The molecule has 3 aromatic carbocycles. The first-order chi connectivity index (χ1) is 15.2. The zero-order chi connectivity index (χ0) is 23.3. The highest BCUT2D eigenvalue weighted by Crippen LogP contribution is 2.26. The number of rotatable bonds is 8. The van der Waals surface area contributed by atoms with Crippen LogP contribution in [-0.2, 0) is 10.0 Å². The third-order valence-corrected chi connectivity index (χ3v) is 7.38. The molecule has 0 radical (unpaired) electrons. The lowest BCUT2D eigenvalue weighted by Gasteiger charge is -2.26. The van der Waals surface area contributed by atoms with Crippen molar-refractivity contribution in [3.05, 3.63) is 95.0 Å². The first-order valence-corrected chi connectivity index (χ1v) is 11.9. The Kier molecular flexibility index (Phi) is 7.56. The molecule has 0 aliphatic carbocycles. The van der Waals surface area contributed by atoms with Crippen LogP contribution < -0.4 is 9.62 Å². The largest absolute Gasteiger partial charge is 0.350 e. The number of carbonyl (C=O) groups excluding carboxylic acids is 1. The lowest BCUT2D eigenvalue weighted by molar-refractivity contribution is 0.0942. The molecule has 0 heterocycles. The molecule has 1 amide bonds. The maximum absolute atomic E-state index is 12.9. The summed E-state index contributed by atoms with van der Waals surface area (Å²) >= 11 is 6.33. The second-order valence-electron chi connectivity index (χ2n) is 7.54. The minimum absolute atomic E-state index is 0.105. The van der Waals surface area contributed by atoms with E-state index < -0.39 is 10.0 Å². The average molecular weight is 472 g/mol. The van der Waals surface area contributed by atoms with Gasteiger partial charge in [-0.1, -0.05) is 48.0 Å². The highest BCUT2D eigenvalue weighted by atomic mass is 35.5. The molecular weight excluding hydrogens is 446 g/mol. The van der Waals surface area contributed by atoms with Gasteiger partial charge in [0.15, 0.2) is 0 Å². The van der Waals surface area contributed by atoms with Crippen molar-refractivity contribution in [2.24, 2.45) is 0 Å². The fourth-order valence-corrected chi connectivity index (χ4v) is 4.78. The number of sulfonamides is 1. The van der Waals surface area contributed by atoms with E-state index in [1.54, 1.807) is 24.3 Å². The number of para-hydroxylation sites is 1. The van der Waals surface area contributed by atoms with Crippen LogP contribution in [0.15, 0.2) is 83.8 Å². The van der Waals surface area contributed by atoms with Gasteiger partial charge < -0.3 is 10.2 Å². The lowest BCUT2D eigenvalue weighted by atomic mass is 10.1. The monoisotopic (exact) mass is 471 g/mol. The van der Waals surface area contributed by atoms with E-state index in [1.165, 1.54) is 35.6 Å². The number of halogens is 1. The summed E-state index contributed by atoms with van der Waals surface area (Å²) in [7, 11) is 1.61. The summed E-state index contributed by atoms with van der Waals surface area (Å²) in [6, 6.07) is 22.2. The molecule has 3 rings (SSSR count). The maximum Gasteiger partial charge on any atom is 0.264 e. The van der Waals surface area contributed by atoms with Gasteiger partial charge in [-0.25, -0.2) is 8.42 Å². The normalized spacial score (nSPS) is 12.4. The third-order valence-electron chi connectivity index (χ3n) is 5.24. The van der Waals surface area contributed by atoms with E-state index >= 15 is 0 Å². The highest BCUT2D eigenvalue weighted by Gasteiger charge is 2.22. The summed E-state index contributed by atoms with van der Waals surface area (Å²) in [6.07, 6.45) is 0. The molecule has 0 fully saturated rings. The number of hydrogen-bond donors (Lipinski definition) is 1. The van der Waals surface area contributed by atoms with Gasteiger partial charge in [-0.15, -0.1) is 0 Å². The Morgan fingerprint density at radius 1 is 0.906 bits per heavy atom. The molecule has 0 saturated carbocycles. The van der Waals surface area contributed by atoms with Crippen molar-refractivity contribution in [1.29, 1.82) is 0 Å². The summed E-state index contributed by atoms with van der Waals surface area (Å²) in [5, 5.41) is 3.55. The minimum atomic E-state index is -3.73. The SMILES string of the molecule is CN(C)C(CNC(=O)c1ccc(S(=O)(=O)N(C)c2ccccc2)cc1)c1ccccc1Cl. The number of nitrogens with one attached hydrogen (secondary N) is 1. The zero-order valence-corrected chi connectivity index (χ0v) is 19.8. The van der Waals surface area contributed by atoms with E-state index in [0.29, 0.717) is 22.8 Å². The van der Waals surface area contributed by atoms with Crippen LogP contribution in [0.25, 0.3) is 0 Å². The predicted molar refractivity (Wildman–Crippen MR) is 129 cm³/mol. The summed E-state index contributed by atoms with van der Waals surface area (Å²) in [5.74, 6) is -0.288. The quantitative estimate of drug-likeness (QED) is 0.534. The number of benzene rings is 3. The van der Waals surface area contributed by atoms with E-state index in [2.05, 4.69) is 5.32 Å². The molecule has 0 saturated heterocycles. The van der Waals surface area contributed by atoms with Crippen LogP contribution in [-0.4, -0.2) is 46.9 Å². The molecule has 8 heteroatoms. The van der Waals surface area contributed by atoms with Crippen LogP contribution in [0.1, 0.15) is 22.0 Å². The molecule has 1 unspecified atom stereocenters. The van der Waals surface area contributed by atoms with Crippen LogP contribution >= 0.6 is 11.6 Å². The molecule has 0 aromatic heterocycles. The summed E-state index contributed by atoms with van der Waals surface area (Å²) < 4.78 is 27.0. The fourth-order valence-electron chi connectivity index (χ4n) is 3.32. The van der Waals surface area contributed by atoms with Crippen LogP contribution in [0, 0.1) is 0 Å². The molecule has 32 heavy (non-hydrogen) atoms. The van der Waals surface area contributed by atoms with Crippen molar-refractivity contribution in [3.63, 3.8) is 0 Å². The molecular formula is C24H26ClN3O3S. The van der Waals surface area contributed by atoms with E-state index in [0.717, 1.165) is 5.56 Å². The van der Waals surface area contributed by atoms with Gasteiger partial charge in [-0.2, -0.15) is 0 Å². The van der Waals surface area contributed by atoms with Gasteiger partial charge in [-0.05, 0) is 62.1 Å². The van der Waals surface area contributed by atoms with Crippen molar-refractivity contribution < 1.29 is 13.2 Å². The van der Waals surface area contributed by atoms with Gasteiger partial charge >= 0.3 is 0 Å². The molecule has 0 spiro atoms. The molecule has 6 nitrogen and oxygen atoms in total. The molecule has 1 atom stereocenters. The predicted octanol–water partition coefficient (Wildman–Crippen LogP) is 4.20. The van der Waals surface area contributed by atoms with Crippen LogP contribution in [0.5, 0.6) is 0 Å². The zero-order valence-electron chi connectivity index (χ0n) is 18.2. The first-order valence-electron chi connectivity index (χ1n) is 10.0. The molecule has 1 N–H and O–H groups in total. The van der Waals surface area contributed by atoms with Crippen molar-refractivity contribution >= 4 is 33.2 Å². The number of hydrogen-bond acceptors (Lipinski definition) is 4. The van der Waals surface area contributed by atoms with Crippen molar-refractivity contribution in [2.75, 3.05) is 32.0 Å². The van der Waals surface area contributed by atoms with Gasteiger partial charge in [0.25, 0.3) is 15.9 Å². The van der Waals surface area contributed by atoms with E-state index in [-0.39, 0.29) is 16.8 Å². The molecule has 0 aliphatic heterocycles. The second-order valence-corrected chi connectivity index (χ2v) is 9.92. The van der Waals surface area contributed by atoms with Gasteiger partial charge in [0.2, 0.25) is 0 Å². The summed E-state index contributed by atoms with van der Waals surface area (Å²) in [4.78, 5) is 14.8. The second kappa shape index (κ2) is 10.2. The van der Waals surface area contributed by atoms with Gasteiger partial charge in [0.05, 0.1) is 16.6 Å². The number of anilines is 1. The summed E-state index contributed by atoms with van der Waals surface area (Å²) in [6.45, 7) is 0.354. The smallest absolute Gasteiger partial charge is 0.264 e. The standard InChI is InChI=1S/C24H26ClN3O3S/c1-27(2)23(21-11-7-8-12-22(21)25)17-26-24(29)18-13-15-20(16-14-18)32(30,31)28(3)19-9-5-4-6-10-19/h4-16,23H,17H2,1-3H3,(H,26,29). The van der Waals surface area contributed by atoms with Crippen molar-refractivity contribution in [3.8, 4) is 0 Å². The van der Waals surface area contributed by atoms with Crippen LogP contribution in [0.2, 0.25) is 5.02 Å². The van der Waals surface area contributed by atoms with Gasteiger partial charge in [0.1, 0.15) is 0 Å². The topological polar surface area (TPSA) is 69.7 Å². The third kappa shape index (κ3) is 5.30.